The van der Waals surface area contributed by atoms with Crippen molar-refractivity contribution in [1.82, 2.24) is 9.21 Å². The number of piperazine rings is 1. The standard InChI is InChI=1S/C16H20N2O5S2/c1-2-22-16(19)13-5-10-23-14(13)12-17-6-8-18(9-7-17)25(20,21)15-4-3-11-24-15/h3-5,10-11H,2,6-9,12H2,1H3. The summed E-state index contributed by atoms with van der Waals surface area (Å²) in [6.45, 7) is 4.49. The Labute approximate surface area is 150 Å². The van der Waals surface area contributed by atoms with Gasteiger partial charge in [-0.25, -0.2) is 13.2 Å². The van der Waals surface area contributed by atoms with Crippen molar-refractivity contribution < 1.29 is 22.4 Å². The van der Waals surface area contributed by atoms with Crippen LogP contribution in [0.4, 0.5) is 0 Å². The third-order valence-electron chi connectivity index (χ3n) is 4.03. The molecule has 7 nitrogen and oxygen atoms in total. The topological polar surface area (TPSA) is 80.1 Å². The summed E-state index contributed by atoms with van der Waals surface area (Å²) in [5, 5.41) is 1.76. The van der Waals surface area contributed by atoms with E-state index in [1.807, 2.05) is 0 Å². The minimum absolute atomic E-state index is 0.308. The van der Waals surface area contributed by atoms with Gasteiger partial charge in [0.05, 0.1) is 19.4 Å². The Bertz CT molecular complexity index is 805. The van der Waals surface area contributed by atoms with E-state index < -0.39 is 16.0 Å². The molecule has 0 atom stereocenters. The molecule has 25 heavy (non-hydrogen) atoms. The van der Waals surface area contributed by atoms with Crippen molar-refractivity contribution in [2.75, 3.05) is 32.8 Å². The van der Waals surface area contributed by atoms with Crippen molar-refractivity contribution in [3.05, 3.63) is 41.2 Å². The van der Waals surface area contributed by atoms with Gasteiger partial charge in [0, 0.05) is 26.2 Å². The predicted octanol–water partition coefficient (Wildman–Crippen LogP) is 2.02. The first kappa shape index (κ1) is 18.1. The molecular formula is C16H20N2O5S2. The highest BCUT2D eigenvalue weighted by Crippen LogP contribution is 2.23. The smallest absolute Gasteiger partial charge is 0.341 e. The van der Waals surface area contributed by atoms with Gasteiger partial charge in [0.15, 0.2) is 0 Å². The van der Waals surface area contributed by atoms with E-state index in [4.69, 9.17) is 9.15 Å². The summed E-state index contributed by atoms with van der Waals surface area (Å²) < 4.78 is 37.4. The second-order valence-corrected chi connectivity index (χ2v) is 8.70. The minimum atomic E-state index is -3.41. The van der Waals surface area contributed by atoms with Gasteiger partial charge in [-0.3, -0.25) is 4.90 Å². The quantitative estimate of drug-likeness (QED) is 0.709. The first-order chi connectivity index (χ1) is 12.0. The maximum absolute atomic E-state index is 12.5. The predicted molar refractivity (Wildman–Crippen MR) is 93.0 cm³/mol. The second kappa shape index (κ2) is 7.69. The molecule has 2 aromatic rings. The molecule has 0 bridgehead atoms. The molecule has 0 aromatic carbocycles. The first-order valence-corrected chi connectivity index (χ1v) is 10.3. The summed E-state index contributed by atoms with van der Waals surface area (Å²) in [6, 6.07) is 4.97. The van der Waals surface area contributed by atoms with Crippen LogP contribution in [0.1, 0.15) is 23.0 Å². The van der Waals surface area contributed by atoms with Gasteiger partial charge in [-0.15, -0.1) is 11.3 Å². The van der Waals surface area contributed by atoms with Crippen molar-refractivity contribution in [2.45, 2.75) is 17.7 Å². The Balaban J connectivity index is 1.61. The molecule has 0 amide bonds. The molecule has 0 unspecified atom stereocenters. The number of sulfonamides is 1. The van der Waals surface area contributed by atoms with E-state index >= 15 is 0 Å². The number of ether oxygens (including phenoxy) is 1. The SMILES string of the molecule is CCOC(=O)c1ccoc1CN1CCN(S(=O)(=O)c2cccs2)CC1. The van der Waals surface area contributed by atoms with Crippen LogP contribution >= 0.6 is 11.3 Å². The largest absolute Gasteiger partial charge is 0.467 e. The minimum Gasteiger partial charge on any atom is -0.467 e. The van der Waals surface area contributed by atoms with Crippen LogP contribution in [-0.4, -0.2) is 56.4 Å². The van der Waals surface area contributed by atoms with E-state index in [1.54, 1.807) is 30.5 Å². The summed E-state index contributed by atoms with van der Waals surface area (Å²) in [5.41, 5.74) is 0.426. The summed E-state index contributed by atoms with van der Waals surface area (Å²) in [4.78, 5) is 14.0. The number of hydrogen-bond donors (Lipinski definition) is 0. The number of esters is 1. The molecule has 0 saturated carbocycles. The Kier molecular flexibility index (Phi) is 5.57. The fourth-order valence-electron chi connectivity index (χ4n) is 2.72. The van der Waals surface area contributed by atoms with Crippen molar-refractivity contribution in [3.8, 4) is 0 Å². The van der Waals surface area contributed by atoms with E-state index in [2.05, 4.69) is 4.90 Å². The summed E-state index contributed by atoms with van der Waals surface area (Å²) in [7, 11) is -3.41. The average molecular weight is 384 g/mol. The Morgan fingerprint density at radius 1 is 1.28 bits per heavy atom. The van der Waals surface area contributed by atoms with Crippen LogP contribution in [0.25, 0.3) is 0 Å². The summed E-state index contributed by atoms with van der Waals surface area (Å²) in [6.07, 6.45) is 1.47. The molecule has 3 rings (SSSR count). The molecule has 3 heterocycles. The molecule has 0 aliphatic carbocycles. The number of nitrogens with zero attached hydrogens (tertiary/aromatic N) is 2. The van der Waals surface area contributed by atoms with E-state index in [9.17, 15) is 13.2 Å². The van der Waals surface area contributed by atoms with Gasteiger partial charge >= 0.3 is 5.97 Å². The molecule has 1 aliphatic heterocycles. The highest BCUT2D eigenvalue weighted by atomic mass is 32.2. The Hall–Kier alpha value is -1.68. The number of carbonyl (C=O) groups is 1. The molecule has 136 valence electrons. The number of carbonyl (C=O) groups excluding carboxylic acids is 1. The zero-order chi connectivity index (χ0) is 17.9. The van der Waals surface area contributed by atoms with Crippen LogP contribution in [0.5, 0.6) is 0 Å². The molecule has 1 aliphatic rings. The third-order valence-corrected chi connectivity index (χ3v) is 7.30. The molecule has 9 heteroatoms. The second-order valence-electron chi connectivity index (χ2n) is 5.59. The highest BCUT2D eigenvalue weighted by Gasteiger charge is 2.30. The van der Waals surface area contributed by atoms with Gasteiger partial charge in [-0.2, -0.15) is 4.31 Å². The molecule has 2 aromatic heterocycles. The number of hydrogen-bond acceptors (Lipinski definition) is 7. The number of furan rings is 1. The van der Waals surface area contributed by atoms with Gasteiger partial charge in [0.2, 0.25) is 0 Å². The summed E-state index contributed by atoms with van der Waals surface area (Å²) >= 11 is 1.23. The fourth-order valence-corrected chi connectivity index (χ4v) is 5.29. The van der Waals surface area contributed by atoms with E-state index in [1.165, 1.54) is 21.9 Å². The molecule has 0 spiro atoms. The highest BCUT2D eigenvalue weighted by molar-refractivity contribution is 7.91. The molecule has 1 saturated heterocycles. The van der Waals surface area contributed by atoms with Crippen LogP contribution in [0.2, 0.25) is 0 Å². The van der Waals surface area contributed by atoms with E-state index in [-0.39, 0.29) is 0 Å². The van der Waals surface area contributed by atoms with Crippen molar-refractivity contribution in [3.63, 3.8) is 0 Å². The number of thiophene rings is 1. The molecule has 0 radical (unpaired) electrons. The molecule has 1 fully saturated rings. The molecular weight excluding hydrogens is 364 g/mol. The van der Waals surface area contributed by atoms with E-state index in [0.717, 1.165) is 0 Å². The van der Waals surface area contributed by atoms with Gasteiger partial charge in [0.25, 0.3) is 10.0 Å². The van der Waals surface area contributed by atoms with Crippen LogP contribution in [-0.2, 0) is 21.3 Å². The van der Waals surface area contributed by atoms with Crippen LogP contribution in [0.3, 0.4) is 0 Å². The van der Waals surface area contributed by atoms with Crippen LogP contribution in [0.15, 0.2) is 38.5 Å². The van der Waals surface area contributed by atoms with Crippen LogP contribution in [0, 0.1) is 0 Å². The zero-order valence-electron chi connectivity index (χ0n) is 13.9. The lowest BCUT2D eigenvalue weighted by Crippen LogP contribution is -2.48. The van der Waals surface area contributed by atoms with Gasteiger partial charge < -0.3 is 9.15 Å². The first-order valence-electron chi connectivity index (χ1n) is 8.02. The average Bonchev–Trinajstić information content (AvgIpc) is 3.27. The van der Waals surface area contributed by atoms with Crippen molar-refractivity contribution >= 4 is 27.3 Å². The van der Waals surface area contributed by atoms with Crippen LogP contribution < -0.4 is 0 Å². The Morgan fingerprint density at radius 2 is 2.04 bits per heavy atom. The maximum Gasteiger partial charge on any atom is 0.341 e. The van der Waals surface area contributed by atoms with Gasteiger partial charge in [0.1, 0.15) is 15.5 Å². The lowest BCUT2D eigenvalue weighted by molar-refractivity contribution is 0.0521. The Morgan fingerprint density at radius 3 is 2.68 bits per heavy atom. The van der Waals surface area contributed by atoms with E-state index in [0.29, 0.717) is 54.9 Å². The van der Waals surface area contributed by atoms with Gasteiger partial charge in [-0.05, 0) is 24.4 Å². The third kappa shape index (κ3) is 3.95. The maximum atomic E-state index is 12.5. The monoisotopic (exact) mass is 384 g/mol. The zero-order valence-corrected chi connectivity index (χ0v) is 15.5. The molecule has 0 N–H and O–H groups in total. The number of rotatable bonds is 6. The fraction of sp³-hybridized carbons (Fsp3) is 0.438. The van der Waals surface area contributed by atoms with Crippen molar-refractivity contribution in [1.29, 1.82) is 0 Å². The lowest BCUT2D eigenvalue weighted by Gasteiger charge is -2.33. The lowest BCUT2D eigenvalue weighted by atomic mass is 10.2. The van der Waals surface area contributed by atoms with Crippen molar-refractivity contribution in [2.24, 2.45) is 0 Å². The van der Waals surface area contributed by atoms with Gasteiger partial charge in [-0.1, -0.05) is 6.07 Å². The normalized spacial score (nSPS) is 16.8. The summed E-state index contributed by atoms with van der Waals surface area (Å²) in [5.74, 6) is 0.151.